The second-order valence-electron chi connectivity index (χ2n) is 5.62. The van der Waals surface area contributed by atoms with Crippen LogP contribution >= 0.6 is 0 Å². The molecule has 0 saturated heterocycles. The van der Waals surface area contributed by atoms with Gasteiger partial charge in [-0.2, -0.15) is 0 Å². The van der Waals surface area contributed by atoms with Crippen molar-refractivity contribution < 1.29 is 9.32 Å². The molecular weight excluding hydrogens is 252 g/mol. The van der Waals surface area contributed by atoms with Crippen LogP contribution in [0.2, 0.25) is 0 Å². The van der Waals surface area contributed by atoms with Crippen LogP contribution in [0.15, 0.2) is 34.9 Å². The van der Waals surface area contributed by atoms with Gasteiger partial charge in [-0.25, -0.2) is 0 Å². The van der Waals surface area contributed by atoms with Crippen molar-refractivity contribution in [2.75, 3.05) is 0 Å². The quantitative estimate of drug-likeness (QED) is 0.933. The van der Waals surface area contributed by atoms with Crippen LogP contribution in [0.4, 0.5) is 0 Å². The molecule has 1 heterocycles. The standard InChI is InChI=1S/C16H18N2O2/c1-10(2)15-9-14(18-20-15)16(19)17-13-7-11-5-3-4-6-12(11)8-13/h3-6,9-10,13H,7-8H2,1-2H3,(H,17,19). The number of rotatable bonds is 3. The smallest absolute Gasteiger partial charge is 0.273 e. The minimum atomic E-state index is -0.154. The van der Waals surface area contributed by atoms with Gasteiger partial charge in [-0.15, -0.1) is 0 Å². The van der Waals surface area contributed by atoms with E-state index in [0.29, 0.717) is 5.69 Å². The Hall–Kier alpha value is -2.10. The van der Waals surface area contributed by atoms with Crippen LogP contribution in [0.1, 0.15) is 47.1 Å². The van der Waals surface area contributed by atoms with Crippen molar-refractivity contribution >= 4 is 5.91 Å². The number of carbonyl (C=O) groups is 1. The highest BCUT2D eigenvalue weighted by molar-refractivity contribution is 5.92. The third-order valence-electron chi connectivity index (χ3n) is 3.72. The van der Waals surface area contributed by atoms with E-state index >= 15 is 0 Å². The van der Waals surface area contributed by atoms with Crippen LogP contribution in [-0.2, 0) is 12.8 Å². The van der Waals surface area contributed by atoms with E-state index in [1.807, 2.05) is 26.0 Å². The zero-order chi connectivity index (χ0) is 14.1. The van der Waals surface area contributed by atoms with Gasteiger partial charge < -0.3 is 9.84 Å². The summed E-state index contributed by atoms with van der Waals surface area (Å²) in [6, 6.07) is 10.2. The van der Waals surface area contributed by atoms with Gasteiger partial charge in [-0.3, -0.25) is 4.79 Å². The molecule has 0 atom stereocenters. The average molecular weight is 270 g/mol. The maximum atomic E-state index is 12.2. The first-order chi connectivity index (χ1) is 9.63. The Labute approximate surface area is 118 Å². The second kappa shape index (κ2) is 5.12. The van der Waals surface area contributed by atoms with Crippen molar-refractivity contribution in [2.24, 2.45) is 0 Å². The van der Waals surface area contributed by atoms with Crippen molar-refractivity contribution in [1.82, 2.24) is 10.5 Å². The van der Waals surface area contributed by atoms with Gasteiger partial charge in [0.2, 0.25) is 0 Å². The molecule has 20 heavy (non-hydrogen) atoms. The summed E-state index contributed by atoms with van der Waals surface area (Å²) in [6.45, 7) is 4.02. The summed E-state index contributed by atoms with van der Waals surface area (Å²) in [6.07, 6.45) is 1.77. The number of nitrogens with one attached hydrogen (secondary N) is 1. The minimum Gasteiger partial charge on any atom is -0.360 e. The Morgan fingerprint density at radius 3 is 2.50 bits per heavy atom. The molecular formula is C16H18N2O2. The lowest BCUT2D eigenvalue weighted by Gasteiger charge is -2.10. The number of nitrogens with zero attached hydrogens (tertiary/aromatic N) is 1. The van der Waals surface area contributed by atoms with Crippen LogP contribution in [0.5, 0.6) is 0 Å². The molecule has 104 valence electrons. The van der Waals surface area contributed by atoms with Gasteiger partial charge in [-0.05, 0) is 24.0 Å². The predicted molar refractivity (Wildman–Crippen MR) is 75.7 cm³/mol. The van der Waals surface area contributed by atoms with Crippen LogP contribution in [0, 0.1) is 0 Å². The lowest BCUT2D eigenvalue weighted by molar-refractivity contribution is 0.0929. The molecule has 0 aliphatic heterocycles. The number of hydrogen-bond donors (Lipinski definition) is 1. The van der Waals surface area contributed by atoms with Crippen molar-refractivity contribution in [1.29, 1.82) is 0 Å². The molecule has 1 aliphatic carbocycles. The fourth-order valence-electron chi connectivity index (χ4n) is 2.59. The van der Waals surface area contributed by atoms with Gasteiger partial charge in [0.15, 0.2) is 5.69 Å². The van der Waals surface area contributed by atoms with Crippen LogP contribution in [0.3, 0.4) is 0 Å². The van der Waals surface area contributed by atoms with E-state index in [9.17, 15) is 4.79 Å². The van der Waals surface area contributed by atoms with E-state index in [1.54, 1.807) is 6.07 Å². The third-order valence-corrected chi connectivity index (χ3v) is 3.72. The molecule has 1 aromatic carbocycles. The fraction of sp³-hybridized carbons (Fsp3) is 0.375. The molecule has 0 spiro atoms. The average Bonchev–Trinajstić information content (AvgIpc) is 3.04. The van der Waals surface area contributed by atoms with E-state index in [2.05, 4.69) is 22.6 Å². The van der Waals surface area contributed by atoms with E-state index < -0.39 is 0 Å². The normalized spacial score (nSPS) is 14.6. The highest BCUT2D eigenvalue weighted by Gasteiger charge is 2.24. The topological polar surface area (TPSA) is 55.1 Å². The molecule has 0 unspecified atom stereocenters. The van der Waals surface area contributed by atoms with Crippen LogP contribution < -0.4 is 5.32 Å². The largest absolute Gasteiger partial charge is 0.360 e. The predicted octanol–water partition coefficient (Wildman–Crippen LogP) is 2.70. The highest BCUT2D eigenvalue weighted by atomic mass is 16.5. The first-order valence-electron chi connectivity index (χ1n) is 6.97. The maximum Gasteiger partial charge on any atom is 0.273 e. The number of carbonyl (C=O) groups excluding carboxylic acids is 1. The van der Waals surface area contributed by atoms with Gasteiger partial charge in [0.05, 0.1) is 0 Å². The summed E-state index contributed by atoms with van der Waals surface area (Å²) in [5.74, 6) is 0.822. The summed E-state index contributed by atoms with van der Waals surface area (Å²) in [5, 5.41) is 6.87. The molecule has 0 fully saturated rings. The number of hydrogen-bond acceptors (Lipinski definition) is 3. The molecule has 0 bridgehead atoms. The van der Waals surface area contributed by atoms with Gasteiger partial charge in [0.1, 0.15) is 5.76 Å². The monoisotopic (exact) mass is 270 g/mol. The van der Waals surface area contributed by atoms with Crippen molar-refractivity contribution in [3.63, 3.8) is 0 Å². The zero-order valence-electron chi connectivity index (χ0n) is 11.7. The molecule has 4 nitrogen and oxygen atoms in total. The van der Waals surface area contributed by atoms with E-state index in [1.165, 1.54) is 11.1 Å². The van der Waals surface area contributed by atoms with E-state index in [-0.39, 0.29) is 17.9 Å². The summed E-state index contributed by atoms with van der Waals surface area (Å²) >= 11 is 0. The second-order valence-corrected chi connectivity index (χ2v) is 5.62. The lowest BCUT2D eigenvalue weighted by Crippen LogP contribution is -2.35. The van der Waals surface area contributed by atoms with Gasteiger partial charge in [0, 0.05) is 18.0 Å². The number of fused-ring (bicyclic) bond motifs is 1. The Bertz CT molecular complexity index is 606. The molecule has 1 amide bonds. The van der Waals surface area contributed by atoms with Gasteiger partial charge in [0.25, 0.3) is 5.91 Å². The Morgan fingerprint density at radius 2 is 1.95 bits per heavy atom. The SMILES string of the molecule is CC(C)c1cc(C(=O)NC2Cc3ccccc3C2)no1. The van der Waals surface area contributed by atoms with E-state index in [0.717, 1.165) is 18.6 Å². The molecule has 4 heteroatoms. The first kappa shape index (κ1) is 12.9. The van der Waals surface area contributed by atoms with Gasteiger partial charge in [-0.1, -0.05) is 43.3 Å². The third kappa shape index (κ3) is 2.46. The Balaban J connectivity index is 1.66. The van der Waals surface area contributed by atoms with Gasteiger partial charge >= 0.3 is 0 Å². The minimum absolute atomic E-state index is 0.152. The number of benzene rings is 1. The van der Waals surface area contributed by atoms with Crippen LogP contribution in [0.25, 0.3) is 0 Å². The fourth-order valence-corrected chi connectivity index (χ4v) is 2.59. The summed E-state index contributed by atoms with van der Waals surface area (Å²) in [7, 11) is 0. The summed E-state index contributed by atoms with van der Waals surface area (Å²) < 4.78 is 5.16. The Morgan fingerprint density at radius 1 is 1.30 bits per heavy atom. The molecule has 2 aromatic rings. The van der Waals surface area contributed by atoms with E-state index in [4.69, 9.17) is 4.52 Å². The molecule has 0 saturated carbocycles. The molecule has 0 radical (unpaired) electrons. The van der Waals surface area contributed by atoms with Crippen LogP contribution in [-0.4, -0.2) is 17.1 Å². The highest BCUT2D eigenvalue weighted by Crippen LogP contribution is 2.22. The summed E-state index contributed by atoms with van der Waals surface area (Å²) in [4.78, 5) is 12.2. The summed E-state index contributed by atoms with van der Waals surface area (Å²) in [5.41, 5.74) is 3.01. The van der Waals surface area contributed by atoms with Crippen molar-refractivity contribution in [3.8, 4) is 0 Å². The first-order valence-corrected chi connectivity index (χ1v) is 6.97. The van der Waals surface area contributed by atoms with Crippen molar-refractivity contribution in [3.05, 3.63) is 52.9 Å². The molecule has 1 aromatic heterocycles. The van der Waals surface area contributed by atoms with Crippen molar-refractivity contribution in [2.45, 2.75) is 38.6 Å². The molecule has 1 N–H and O–H groups in total. The Kier molecular flexibility index (Phi) is 3.30. The lowest BCUT2D eigenvalue weighted by atomic mass is 10.1. The number of amides is 1. The molecule has 3 rings (SSSR count). The zero-order valence-corrected chi connectivity index (χ0v) is 11.7. The molecule has 1 aliphatic rings. The maximum absolute atomic E-state index is 12.2. The number of aromatic nitrogens is 1.